The number of oxazole rings is 1. The van der Waals surface area contributed by atoms with Gasteiger partial charge in [-0.3, -0.25) is 4.79 Å². The molecule has 1 fully saturated rings. The lowest BCUT2D eigenvalue weighted by molar-refractivity contribution is -0.117. The van der Waals surface area contributed by atoms with Gasteiger partial charge in [0.1, 0.15) is 5.52 Å². The van der Waals surface area contributed by atoms with E-state index in [1.54, 1.807) is 0 Å². The maximum absolute atomic E-state index is 12.3. The van der Waals surface area contributed by atoms with Crippen molar-refractivity contribution in [1.82, 2.24) is 4.98 Å². The number of carbonyl (C=O) groups is 1. The maximum Gasteiger partial charge on any atom is 0.227 e. The van der Waals surface area contributed by atoms with Crippen molar-refractivity contribution in [2.24, 2.45) is 5.92 Å². The van der Waals surface area contributed by atoms with E-state index >= 15 is 0 Å². The minimum absolute atomic E-state index is 0.0973. The Bertz CT molecular complexity index is 921. The van der Waals surface area contributed by atoms with Crippen LogP contribution < -0.4 is 5.32 Å². The molecular formula is C23H26N2O2. The lowest BCUT2D eigenvalue weighted by Crippen LogP contribution is -2.18. The summed E-state index contributed by atoms with van der Waals surface area (Å²) in [6, 6.07) is 13.9. The van der Waals surface area contributed by atoms with E-state index in [1.807, 2.05) is 30.3 Å². The largest absolute Gasteiger partial charge is 0.436 e. The van der Waals surface area contributed by atoms with Crippen LogP contribution in [-0.4, -0.2) is 10.9 Å². The van der Waals surface area contributed by atoms with Crippen LogP contribution in [0.3, 0.4) is 0 Å². The first-order chi connectivity index (χ1) is 13.2. The lowest BCUT2D eigenvalue weighted by Gasteiger charge is -2.20. The van der Waals surface area contributed by atoms with E-state index in [2.05, 4.69) is 29.4 Å². The highest BCUT2D eigenvalue weighted by molar-refractivity contribution is 5.93. The van der Waals surface area contributed by atoms with Gasteiger partial charge in [-0.25, -0.2) is 4.98 Å². The van der Waals surface area contributed by atoms with Gasteiger partial charge in [0.25, 0.3) is 0 Å². The third kappa shape index (κ3) is 4.21. The average Bonchev–Trinajstić information content (AvgIpc) is 3.12. The number of aromatic nitrogens is 1. The molecule has 1 aromatic heterocycles. The summed E-state index contributed by atoms with van der Waals surface area (Å²) >= 11 is 0. The standard InChI is InChI=1S/C23H26N2O2/c1-2-16-8-10-18(11-9-16)23-25-20-15-19(12-13-21(20)27-23)24-22(26)14-17-6-4-3-5-7-17/h8-13,15,17H,2-7,14H2,1H3,(H,24,26). The first-order valence-electron chi connectivity index (χ1n) is 10.0. The molecule has 1 saturated carbocycles. The zero-order valence-corrected chi connectivity index (χ0v) is 15.8. The van der Waals surface area contributed by atoms with Crippen LogP contribution in [0.25, 0.3) is 22.6 Å². The van der Waals surface area contributed by atoms with Gasteiger partial charge >= 0.3 is 0 Å². The molecule has 27 heavy (non-hydrogen) atoms. The van der Waals surface area contributed by atoms with Crippen LogP contribution in [0.1, 0.15) is 51.0 Å². The predicted octanol–water partition coefficient (Wildman–Crippen LogP) is 5.97. The fourth-order valence-electron chi connectivity index (χ4n) is 3.88. The van der Waals surface area contributed by atoms with Crippen LogP contribution >= 0.6 is 0 Å². The molecule has 0 bridgehead atoms. The molecule has 3 aromatic rings. The summed E-state index contributed by atoms with van der Waals surface area (Å²) in [6.45, 7) is 2.14. The molecule has 1 heterocycles. The molecule has 4 nitrogen and oxygen atoms in total. The van der Waals surface area contributed by atoms with Crippen molar-refractivity contribution in [1.29, 1.82) is 0 Å². The lowest BCUT2D eigenvalue weighted by atomic mass is 9.87. The summed E-state index contributed by atoms with van der Waals surface area (Å²) in [4.78, 5) is 17.0. The molecule has 4 heteroatoms. The Hall–Kier alpha value is -2.62. The van der Waals surface area contributed by atoms with Gasteiger partial charge in [-0.05, 0) is 61.1 Å². The molecule has 0 radical (unpaired) electrons. The molecule has 2 aromatic carbocycles. The third-order valence-electron chi connectivity index (χ3n) is 5.48. The second kappa shape index (κ2) is 7.95. The van der Waals surface area contributed by atoms with Crippen LogP contribution in [0.2, 0.25) is 0 Å². The molecule has 0 aliphatic heterocycles. The quantitative estimate of drug-likeness (QED) is 0.608. The van der Waals surface area contributed by atoms with E-state index in [1.165, 1.54) is 37.7 Å². The second-order valence-electron chi connectivity index (χ2n) is 7.51. The molecule has 0 unspecified atom stereocenters. The Labute approximate surface area is 160 Å². The molecule has 140 valence electrons. The van der Waals surface area contributed by atoms with Gasteiger partial charge in [0.2, 0.25) is 11.8 Å². The van der Waals surface area contributed by atoms with Gasteiger partial charge in [0.15, 0.2) is 5.58 Å². The monoisotopic (exact) mass is 362 g/mol. The molecule has 0 saturated heterocycles. The number of fused-ring (bicyclic) bond motifs is 1. The number of carbonyl (C=O) groups excluding carboxylic acids is 1. The fourth-order valence-corrected chi connectivity index (χ4v) is 3.88. The van der Waals surface area contributed by atoms with Gasteiger partial charge in [-0.2, -0.15) is 0 Å². The number of anilines is 1. The molecule has 1 aliphatic carbocycles. The first-order valence-corrected chi connectivity index (χ1v) is 10.0. The molecular weight excluding hydrogens is 336 g/mol. The highest BCUT2D eigenvalue weighted by Crippen LogP contribution is 2.28. The zero-order chi connectivity index (χ0) is 18.6. The van der Waals surface area contributed by atoms with Crippen LogP contribution in [0.5, 0.6) is 0 Å². The van der Waals surface area contributed by atoms with Gasteiger partial charge in [0.05, 0.1) is 0 Å². The summed E-state index contributed by atoms with van der Waals surface area (Å²) in [5.41, 5.74) is 4.53. The second-order valence-corrected chi connectivity index (χ2v) is 7.51. The molecule has 1 aliphatic rings. The van der Waals surface area contributed by atoms with Crippen molar-refractivity contribution in [3.05, 3.63) is 48.0 Å². The zero-order valence-electron chi connectivity index (χ0n) is 15.8. The van der Waals surface area contributed by atoms with E-state index in [-0.39, 0.29) is 5.91 Å². The SMILES string of the molecule is CCc1ccc(-c2nc3cc(NC(=O)CC4CCCCC4)ccc3o2)cc1. The highest BCUT2D eigenvalue weighted by atomic mass is 16.3. The number of hydrogen-bond acceptors (Lipinski definition) is 3. The van der Waals surface area contributed by atoms with Crippen LogP contribution in [0, 0.1) is 5.92 Å². The molecule has 0 atom stereocenters. The number of rotatable bonds is 5. The normalized spacial score (nSPS) is 15.1. The number of aryl methyl sites for hydroxylation is 1. The minimum Gasteiger partial charge on any atom is -0.436 e. The summed E-state index contributed by atoms with van der Waals surface area (Å²) in [5, 5.41) is 3.02. The predicted molar refractivity (Wildman–Crippen MR) is 109 cm³/mol. The summed E-state index contributed by atoms with van der Waals surface area (Å²) in [7, 11) is 0. The van der Waals surface area contributed by atoms with Crippen LogP contribution in [0.15, 0.2) is 46.9 Å². The Morgan fingerprint density at radius 2 is 1.89 bits per heavy atom. The molecule has 1 N–H and O–H groups in total. The van der Waals surface area contributed by atoms with Gasteiger partial charge in [-0.15, -0.1) is 0 Å². The smallest absolute Gasteiger partial charge is 0.227 e. The third-order valence-corrected chi connectivity index (χ3v) is 5.48. The Balaban J connectivity index is 1.47. The average molecular weight is 362 g/mol. The van der Waals surface area contributed by atoms with E-state index in [0.29, 0.717) is 18.2 Å². The van der Waals surface area contributed by atoms with Crippen LogP contribution in [0.4, 0.5) is 5.69 Å². The van der Waals surface area contributed by atoms with Gasteiger partial charge in [-0.1, -0.05) is 38.3 Å². The highest BCUT2D eigenvalue weighted by Gasteiger charge is 2.17. The van der Waals surface area contributed by atoms with Crippen molar-refractivity contribution in [3.8, 4) is 11.5 Å². The summed E-state index contributed by atoms with van der Waals surface area (Å²) in [6.07, 6.45) is 7.80. The number of nitrogens with zero attached hydrogens (tertiary/aromatic N) is 1. The molecule has 0 spiro atoms. The van der Waals surface area contributed by atoms with Gasteiger partial charge < -0.3 is 9.73 Å². The topological polar surface area (TPSA) is 55.1 Å². The maximum atomic E-state index is 12.3. The van der Waals surface area contributed by atoms with Crippen molar-refractivity contribution in [2.75, 3.05) is 5.32 Å². The number of nitrogens with one attached hydrogen (secondary N) is 1. The fraction of sp³-hybridized carbons (Fsp3) is 0.391. The number of benzene rings is 2. The van der Waals surface area contributed by atoms with E-state index in [0.717, 1.165) is 28.8 Å². The molecule has 1 amide bonds. The van der Waals surface area contributed by atoms with Crippen molar-refractivity contribution >= 4 is 22.7 Å². The van der Waals surface area contributed by atoms with E-state index in [9.17, 15) is 4.79 Å². The van der Waals surface area contributed by atoms with Crippen molar-refractivity contribution < 1.29 is 9.21 Å². The Kier molecular flexibility index (Phi) is 5.23. The van der Waals surface area contributed by atoms with Gasteiger partial charge in [0, 0.05) is 17.7 Å². The van der Waals surface area contributed by atoms with E-state index in [4.69, 9.17) is 4.42 Å². The van der Waals surface area contributed by atoms with Crippen LogP contribution in [-0.2, 0) is 11.2 Å². The van der Waals surface area contributed by atoms with E-state index < -0.39 is 0 Å². The van der Waals surface area contributed by atoms with Crippen molar-refractivity contribution in [3.63, 3.8) is 0 Å². The summed E-state index contributed by atoms with van der Waals surface area (Å²) < 4.78 is 5.89. The number of amides is 1. The van der Waals surface area contributed by atoms with Crippen molar-refractivity contribution in [2.45, 2.75) is 51.9 Å². The molecule has 4 rings (SSSR count). The Morgan fingerprint density at radius 1 is 1.11 bits per heavy atom. The first kappa shape index (κ1) is 17.8. The summed E-state index contributed by atoms with van der Waals surface area (Å²) in [5.74, 6) is 1.24. The number of hydrogen-bond donors (Lipinski definition) is 1. The Morgan fingerprint density at radius 3 is 2.63 bits per heavy atom. The minimum atomic E-state index is 0.0973.